The number of hydrogen-bond acceptors (Lipinski definition) is 3. The highest BCUT2D eigenvalue weighted by Crippen LogP contribution is 2.31. The minimum absolute atomic E-state index is 0.145. The number of ether oxygens (including phenoxy) is 1. The van der Waals surface area contributed by atoms with Crippen molar-refractivity contribution in [1.82, 2.24) is 4.98 Å². The number of aromatic nitrogens is 1. The number of nitrogens with one attached hydrogen (secondary N) is 1. The predicted octanol–water partition coefficient (Wildman–Crippen LogP) is 3.37. The summed E-state index contributed by atoms with van der Waals surface area (Å²) < 4.78 is 19.3. The van der Waals surface area contributed by atoms with Crippen molar-refractivity contribution in [3.63, 3.8) is 0 Å². The first kappa shape index (κ1) is 13.5. The van der Waals surface area contributed by atoms with E-state index in [2.05, 4.69) is 20.9 Å². The lowest BCUT2D eigenvalue weighted by molar-refractivity contribution is 0.453. The van der Waals surface area contributed by atoms with E-state index in [0.29, 0.717) is 10.0 Å². The molecule has 3 N–H and O–H groups in total. The average Bonchev–Trinajstić information content (AvgIpc) is 2.33. The highest BCUT2D eigenvalue weighted by molar-refractivity contribution is 9.10. The number of nitrogen functional groups attached to an aromatic ring is 1. The van der Waals surface area contributed by atoms with Crippen molar-refractivity contribution in [1.29, 1.82) is 5.41 Å². The van der Waals surface area contributed by atoms with Crippen LogP contribution < -0.4 is 10.5 Å². The topological polar surface area (TPSA) is 72.0 Å². The van der Waals surface area contributed by atoms with Gasteiger partial charge in [-0.1, -0.05) is 0 Å². The third-order valence-corrected chi connectivity index (χ3v) is 3.15. The van der Waals surface area contributed by atoms with Gasteiger partial charge >= 0.3 is 0 Å². The monoisotopic (exact) mass is 323 g/mol. The molecule has 1 aromatic heterocycles. The van der Waals surface area contributed by atoms with Gasteiger partial charge in [0.15, 0.2) is 0 Å². The van der Waals surface area contributed by atoms with Gasteiger partial charge in [-0.2, -0.15) is 0 Å². The Morgan fingerprint density at radius 3 is 2.84 bits per heavy atom. The van der Waals surface area contributed by atoms with Gasteiger partial charge in [-0.3, -0.25) is 5.41 Å². The van der Waals surface area contributed by atoms with E-state index in [1.165, 1.54) is 18.2 Å². The molecule has 0 aliphatic carbocycles. The molecule has 0 aliphatic rings. The zero-order valence-electron chi connectivity index (χ0n) is 10.1. The second-order valence-electron chi connectivity index (χ2n) is 3.90. The third kappa shape index (κ3) is 2.90. The van der Waals surface area contributed by atoms with E-state index in [1.54, 1.807) is 19.2 Å². The summed E-state index contributed by atoms with van der Waals surface area (Å²) in [7, 11) is 0. The van der Waals surface area contributed by atoms with Crippen LogP contribution in [0, 0.1) is 18.2 Å². The molecule has 98 valence electrons. The van der Waals surface area contributed by atoms with Gasteiger partial charge in [0, 0.05) is 12.3 Å². The fraction of sp³-hybridized carbons (Fsp3) is 0.0769. The fourth-order valence-corrected chi connectivity index (χ4v) is 1.93. The molecule has 0 saturated heterocycles. The molecule has 0 amide bonds. The fourth-order valence-electron chi connectivity index (χ4n) is 1.60. The van der Waals surface area contributed by atoms with Crippen LogP contribution >= 0.6 is 15.9 Å². The zero-order chi connectivity index (χ0) is 14.0. The second-order valence-corrected chi connectivity index (χ2v) is 4.75. The SMILES string of the molecule is Cc1ccnc(Oc2cc(F)ccc2Br)c1C(=N)N. The Morgan fingerprint density at radius 1 is 1.42 bits per heavy atom. The van der Waals surface area contributed by atoms with Gasteiger partial charge < -0.3 is 10.5 Å². The summed E-state index contributed by atoms with van der Waals surface area (Å²) in [5, 5.41) is 7.55. The van der Waals surface area contributed by atoms with Gasteiger partial charge in [0.2, 0.25) is 5.88 Å². The lowest BCUT2D eigenvalue weighted by Crippen LogP contribution is -2.15. The van der Waals surface area contributed by atoms with Gasteiger partial charge in [-0.25, -0.2) is 9.37 Å². The zero-order valence-corrected chi connectivity index (χ0v) is 11.7. The summed E-state index contributed by atoms with van der Waals surface area (Å²) >= 11 is 3.26. The number of nitrogens with zero attached hydrogens (tertiary/aromatic N) is 1. The largest absolute Gasteiger partial charge is 0.437 e. The van der Waals surface area contributed by atoms with Gasteiger partial charge in [0.25, 0.3) is 0 Å². The minimum Gasteiger partial charge on any atom is -0.437 e. The van der Waals surface area contributed by atoms with E-state index in [1.807, 2.05) is 0 Å². The lowest BCUT2D eigenvalue weighted by atomic mass is 10.1. The van der Waals surface area contributed by atoms with Crippen LogP contribution in [-0.4, -0.2) is 10.8 Å². The number of nitrogens with two attached hydrogens (primary N) is 1. The summed E-state index contributed by atoms with van der Waals surface area (Å²) in [4.78, 5) is 4.04. The second kappa shape index (κ2) is 5.36. The van der Waals surface area contributed by atoms with Gasteiger partial charge in [-0.15, -0.1) is 0 Å². The first-order chi connectivity index (χ1) is 8.99. The molecular weight excluding hydrogens is 313 g/mol. The maximum atomic E-state index is 13.2. The predicted molar refractivity (Wildman–Crippen MR) is 74.2 cm³/mol. The maximum absolute atomic E-state index is 13.2. The van der Waals surface area contributed by atoms with Crippen LogP contribution in [-0.2, 0) is 0 Å². The van der Waals surface area contributed by atoms with Crippen LogP contribution in [0.25, 0.3) is 0 Å². The average molecular weight is 324 g/mol. The Bertz CT molecular complexity index is 646. The normalized spacial score (nSPS) is 10.3. The minimum atomic E-state index is -0.421. The Morgan fingerprint density at radius 2 is 2.16 bits per heavy atom. The Balaban J connectivity index is 2.46. The molecule has 0 atom stereocenters. The van der Waals surface area contributed by atoms with E-state index in [0.717, 1.165) is 5.56 Å². The molecule has 0 saturated carbocycles. The summed E-state index contributed by atoms with van der Waals surface area (Å²) in [5.41, 5.74) is 6.68. The summed E-state index contributed by atoms with van der Waals surface area (Å²) in [5.74, 6) is -0.109. The van der Waals surface area contributed by atoms with E-state index >= 15 is 0 Å². The van der Waals surface area contributed by atoms with Crippen LogP contribution in [0.3, 0.4) is 0 Å². The van der Waals surface area contributed by atoms with E-state index in [-0.39, 0.29) is 17.5 Å². The maximum Gasteiger partial charge on any atom is 0.230 e. The van der Waals surface area contributed by atoms with Crippen molar-refractivity contribution >= 4 is 21.8 Å². The van der Waals surface area contributed by atoms with E-state index < -0.39 is 5.82 Å². The standard InChI is InChI=1S/C13H11BrFN3O/c1-7-4-5-18-13(11(7)12(16)17)19-10-6-8(15)2-3-9(10)14/h2-6H,1H3,(H3,16,17). The smallest absolute Gasteiger partial charge is 0.230 e. The summed E-state index contributed by atoms with van der Waals surface area (Å²) in [6.07, 6.45) is 1.55. The number of halogens is 2. The summed E-state index contributed by atoms with van der Waals surface area (Å²) in [6, 6.07) is 5.81. The third-order valence-electron chi connectivity index (χ3n) is 2.49. The molecule has 0 spiro atoms. The molecule has 0 fully saturated rings. The lowest BCUT2D eigenvalue weighted by Gasteiger charge is -2.12. The first-order valence-electron chi connectivity index (χ1n) is 5.42. The van der Waals surface area contributed by atoms with Gasteiger partial charge in [0.1, 0.15) is 17.4 Å². The quantitative estimate of drug-likeness (QED) is 0.672. The highest BCUT2D eigenvalue weighted by atomic mass is 79.9. The molecule has 0 aliphatic heterocycles. The Labute approximate surface area is 118 Å². The molecule has 2 rings (SSSR count). The highest BCUT2D eigenvalue weighted by Gasteiger charge is 2.14. The van der Waals surface area contributed by atoms with E-state index in [9.17, 15) is 4.39 Å². The first-order valence-corrected chi connectivity index (χ1v) is 6.21. The molecule has 1 aromatic carbocycles. The van der Waals surface area contributed by atoms with Gasteiger partial charge in [-0.05, 0) is 46.6 Å². The van der Waals surface area contributed by atoms with Crippen LogP contribution in [0.15, 0.2) is 34.9 Å². The van der Waals surface area contributed by atoms with Crippen molar-refractivity contribution in [2.75, 3.05) is 0 Å². The molecule has 19 heavy (non-hydrogen) atoms. The molecule has 6 heteroatoms. The van der Waals surface area contributed by atoms with Crippen molar-refractivity contribution in [2.24, 2.45) is 5.73 Å². The van der Waals surface area contributed by atoms with Crippen LogP contribution in [0.5, 0.6) is 11.6 Å². The van der Waals surface area contributed by atoms with Crippen LogP contribution in [0.2, 0.25) is 0 Å². The van der Waals surface area contributed by atoms with Crippen LogP contribution in [0.1, 0.15) is 11.1 Å². The summed E-state index contributed by atoms with van der Waals surface area (Å²) in [6.45, 7) is 1.80. The van der Waals surface area contributed by atoms with Gasteiger partial charge in [0.05, 0.1) is 10.0 Å². The molecule has 2 aromatic rings. The number of aryl methyl sites for hydroxylation is 1. The number of pyridine rings is 1. The van der Waals surface area contributed by atoms with Crippen molar-refractivity contribution in [3.8, 4) is 11.6 Å². The molecule has 1 heterocycles. The number of hydrogen-bond donors (Lipinski definition) is 2. The number of rotatable bonds is 3. The molecule has 4 nitrogen and oxygen atoms in total. The molecule has 0 bridgehead atoms. The van der Waals surface area contributed by atoms with E-state index in [4.69, 9.17) is 15.9 Å². The van der Waals surface area contributed by atoms with Crippen molar-refractivity contribution < 1.29 is 9.13 Å². The molecule has 0 radical (unpaired) electrons. The number of amidine groups is 1. The molecule has 0 unspecified atom stereocenters. The number of benzene rings is 1. The van der Waals surface area contributed by atoms with Crippen molar-refractivity contribution in [3.05, 3.63) is 51.9 Å². The van der Waals surface area contributed by atoms with Crippen LogP contribution in [0.4, 0.5) is 4.39 Å². The molecular formula is C13H11BrFN3O. The Hall–Kier alpha value is -1.95. The Kier molecular flexibility index (Phi) is 3.80. The van der Waals surface area contributed by atoms with Crippen molar-refractivity contribution in [2.45, 2.75) is 6.92 Å².